The number of morpholine rings is 1. The number of aromatic hydroxyl groups is 1. The molecule has 5 nitrogen and oxygen atoms in total. The summed E-state index contributed by atoms with van der Waals surface area (Å²) in [5.74, 6) is -1.00. The number of hydrogen-bond acceptors (Lipinski definition) is 4. The van der Waals surface area contributed by atoms with Crippen LogP contribution in [0.25, 0.3) is 10.9 Å². The van der Waals surface area contributed by atoms with Gasteiger partial charge in [-0.3, -0.25) is 9.78 Å². The van der Waals surface area contributed by atoms with Crippen LogP contribution in [0.5, 0.6) is 5.75 Å². The number of aromatic nitrogens is 1. The number of phenols is 1. The van der Waals surface area contributed by atoms with Crippen LogP contribution in [-0.4, -0.2) is 52.9 Å². The number of fused-ring (bicyclic) bond motifs is 1. The van der Waals surface area contributed by atoms with Crippen molar-refractivity contribution in [3.8, 4) is 5.75 Å². The second-order valence-corrected chi connectivity index (χ2v) is 5.19. The van der Waals surface area contributed by atoms with Crippen LogP contribution in [0.2, 0.25) is 0 Å². The second-order valence-electron chi connectivity index (χ2n) is 5.19. The lowest BCUT2D eigenvalue weighted by molar-refractivity contribution is -0.233. The van der Waals surface area contributed by atoms with E-state index in [1.807, 2.05) is 0 Å². The molecular weight excluding hydrogens is 313 g/mol. The van der Waals surface area contributed by atoms with E-state index in [4.69, 9.17) is 0 Å². The van der Waals surface area contributed by atoms with Crippen molar-refractivity contribution >= 4 is 16.8 Å². The number of benzene rings is 1. The van der Waals surface area contributed by atoms with E-state index in [1.54, 1.807) is 18.2 Å². The monoisotopic (exact) mass is 326 g/mol. The van der Waals surface area contributed by atoms with E-state index in [2.05, 4.69) is 9.72 Å². The number of amides is 1. The van der Waals surface area contributed by atoms with Gasteiger partial charge in [0.2, 0.25) is 0 Å². The first kappa shape index (κ1) is 15.5. The van der Waals surface area contributed by atoms with Crippen molar-refractivity contribution in [2.45, 2.75) is 12.3 Å². The summed E-state index contributed by atoms with van der Waals surface area (Å²) in [5, 5.41) is 10.8. The summed E-state index contributed by atoms with van der Waals surface area (Å²) in [6.07, 6.45) is -5.09. The molecule has 2 aromatic rings. The van der Waals surface area contributed by atoms with Gasteiger partial charge in [0.25, 0.3) is 5.91 Å². The maximum absolute atomic E-state index is 12.7. The average Bonchev–Trinajstić information content (AvgIpc) is 2.54. The highest BCUT2D eigenvalue weighted by Crippen LogP contribution is 2.30. The highest BCUT2D eigenvalue weighted by molar-refractivity contribution is 6.02. The van der Waals surface area contributed by atoms with Crippen LogP contribution in [-0.2, 0) is 4.74 Å². The highest BCUT2D eigenvalue weighted by atomic mass is 19.4. The normalized spacial score (nSPS) is 19.1. The Hall–Kier alpha value is -2.35. The van der Waals surface area contributed by atoms with Crippen LogP contribution >= 0.6 is 0 Å². The van der Waals surface area contributed by atoms with Gasteiger partial charge in [-0.05, 0) is 12.1 Å². The minimum Gasteiger partial charge on any atom is -0.505 e. The zero-order chi connectivity index (χ0) is 16.6. The lowest BCUT2D eigenvalue weighted by atomic mass is 10.1. The van der Waals surface area contributed by atoms with Gasteiger partial charge in [-0.1, -0.05) is 12.1 Å². The van der Waals surface area contributed by atoms with Crippen molar-refractivity contribution in [1.29, 1.82) is 0 Å². The minimum atomic E-state index is -4.54. The van der Waals surface area contributed by atoms with Crippen LogP contribution in [0.15, 0.2) is 30.5 Å². The Bertz CT molecular complexity index is 748. The van der Waals surface area contributed by atoms with Crippen LogP contribution in [0, 0.1) is 0 Å². The molecule has 1 aromatic carbocycles. The molecule has 1 unspecified atom stereocenters. The van der Waals surface area contributed by atoms with E-state index in [0.717, 1.165) is 4.90 Å². The molecule has 1 amide bonds. The molecule has 122 valence electrons. The third-order valence-corrected chi connectivity index (χ3v) is 3.70. The quantitative estimate of drug-likeness (QED) is 0.874. The summed E-state index contributed by atoms with van der Waals surface area (Å²) in [7, 11) is 0. The van der Waals surface area contributed by atoms with Gasteiger partial charge in [-0.15, -0.1) is 0 Å². The van der Waals surface area contributed by atoms with Gasteiger partial charge in [0.15, 0.2) is 11.9 Å². The third kappa shape index (κ3) is 2.94. The Labute approximate surface area is 129 Å². The van der Waals surface area contributed by atoms with E-state index in [1.165, 1.54) is 12.3 Å². The first-order chi connectivity index (χ1) is 10.9. The molecule has 1 saturated heterocycles. The van der Waals surface area contributed by atoms with E-state index in [0.29, 0.717) is 5.39 Å². The predicted molar refractivity (Wildman–Crippen MR) is 75.1 cm³/mol. The van der Waals surface area contributed by atoms with Crippen molar-refractivity contribution in [3.05, 3.63) is 36.0 Å². The van der Waals surface area contributed by atoms with Gasteiger partial charge in [0.1, 0.15) is 5.52 Å². The molecule has 2 heterocycles. The minimum absolute atomic E-state index is 0.0328. The molecule has 3 rings (SSSR count). The van der Waals surface area contributed by atoms with Crippen molar-refractivity contribution in [1.82, 2.24) is 9.88 Å². The number of pyridine rings is 1. The van der Waals surface area contributed by atoms with E-state index < -0.39 is 24.7 Å². The fraction of sp³-hybridized carbons (Fsp3) is 0.333. The first-order valence-electron chi connectivity index (χ1n) is 6.92. The number of rotatable bonds is 1. The molecule has 1 aliphatic heterocycles. The van der Waals surface area contributed by atoms with E-state index >= 15 is 0 Å². The molecule has 0 spiro atoms. The van der Waals surface area contributed by atoms with Crippen LogP contribution < -0.4 is 0 Å². The summed E-state index contributed by atoms with van der Waals surface area (Å²) in [4.78, 5) is 17.5. The summed E-state index contributed by atoms with van der Waals surface area (Å²) >= 11 is 0. The molecule has 1 aromatic heterocycles. The topological polar surface area (TPSA) is 62.7 Å². The molecular formula is C15H13F3N2O3. The van der Waals surface area contributed by atoms with Gasteiger partial charge in [0.05, 0.1) is 18.7 Å². The number of ether oxygens (including phenoxy) is 1. The number of alkyl halides is 3. The molecule has 1 aliphatic rings. The Balaban J connectivity index is 1.90. The van der Waals surface area contributed by atoms with Crippen LogP contribution in [0.1, 0.15) is 10.4 Å². The predicted octanol–water partition coefficient (Wildman–Crippen LogP) is 2.34. The molecule has 0 aliphatic carbocycles. The fourth-order valence-electron chi connectivity index (χ4n) is 2.50. The lowest BCUT2D eigenvalue weighted by Crippen LogP contribution is -2.51. The zero-order valence-corrected chi connectivity index (χ0v) is 11.9. The van der Waals surface area contributed by atoms with Gasteiger partial charge < -0.3 is 14.7 Å². The summed E-state index contributed by atoms with van der Waals surface area (Å²) in [6, 6.07) is 6.38. The smallest absolute Gasteiger partial charge is 0.416 e. The first-order valence-corrected chi connectivity index (χ1v) is 6.92. The maximum Gasteiger partial charge on any atom is 0.416 e. The second kappa shape index (κ2) is 5.69. The maximum atomic E-state index is 12.7. The van der Waals surface area contributed by atoms with Gasteiger partial charge in [-0.2, -0.15) is 13.2 Å². The molecule has 1 fully saturated rings. The fourth-order valence-corrected chi connectivity index (χ4v) is 2.50. The molecule has 0 saturated carbocycles. The summed E-state index contributed by atoms with van der Waals surface area (Å²) < 4.78 is 42.9. The number of phenolic OH excluding ortho intramolecular Hbond substituents is 1. The van der Waals surface area contributed by atoms with Crippen LogP contribution in [0.4, 0.5) is 13.2 Å². The molecule has 0 radical (unpaired) electrons. The molecule has 8 heteroatoms. The Morgan fingerprint density at radius 1 is 1.35 bits per heavy atom. The molecule has 1 atom stereocenters. The van der Waals surface area contributed by atoms with Crippen molar-refractivity contribution in [2.75, 3.05) is 19.7 Å². The summed E-state index contributed by atoms with van der Waals surface area (Å²) in [6.45, 7) is -0.768. The van der Waals surface area contributed by atoms with Crippen molar-refractivity contribution in [3.63, 3.8) is 0 Å². The Morgan fingerprint density at radius 3 is 2.87 bits per heavy atom. The largest absolute Gasteiger partial charge is 0.505 e. The molecule has 1 N–H and O–H groups in total. The van der Waals surface area contributed by atoms with Gasteiger partial charge >= 0.3 is 6.18 Å². The third-order valence-electron chi connectivity index (χ3n) is 3.70. The average molecular weight is 326 g/mol. The van der Waals surface area contributed by atoms with Gasteiger partial charge in [0, 0.05) is 18.1 Å². The van der Waals surface area contributed by atoms with Crippen molar-refractivity contribution in [2.24, 2.45) is 0 Å². The number of hydrogen-bond donors (Lipinski definition) is 1. The van der Waals surface area contributed by atoms with Crippen molar-refractivity contribution < 1.29 is 27.8 Å². The SMILES string of the molecule is O=C(c1ccc2cccnc2c1O)N1CCOC(C(F)(F)F)C1. The lowest BCUT2D eigenvalue weighted by Gasteiger charge is -2.34. The highest BCUT2D eigenvalue weighted by Gasteiger charge is 2.44. The zero-order valence-electron chi connectivity index (χ0n) is 11.9. The summed E-state index contributed by atoms with van der Waals surface area (Å²) in [5.41, 5.74) is 0.165. The van der Waals surface area contributed by atoms with Crippen LogP contribution in [0.3, 0.4) is 0 Å². The standard InChI is InChI=1S/C15H13F3N2O3/c16-15(17,18)11-8-20(6-7-23-11)14(22)10-4-3-9-2-1-5-19-12(9)13(10)21/h1-5,11,21H,6-8H2. The molecule has 0 bridgehead atoms. The number of carbonyl (C=O) groups is 1. The van der Waals surface area contributed by atoms with E-state index in [9.17, 15) is 23.1 Å². The molecule has 23 heavy (non-hydrogen) atoms. The van der Waals surface area contributed by atoms with E-state index in [-0.39, 0.29) is 30.0 Å². The Kier molecular flexibility index (Phi) is 3.85. The number of halogens is 3. The number of carbonyl (C=O) groups excluding carboxylic acids is 1. The Morgan fingerprint density at radius 2 is 2.13 bits per heavy atom. The number of nitrogens with zero attached hydrogens (tertiary/aromatic N) is 2. The van der Waals surface area contributed by atoms with Gasteiger partial charge in [-0.25, -0.2) is 0 Å².